The van der Waals surface area contributed by atoms with E-state index in [1.165, 1.54) is 24.5 Å². The lowest BCUT2D eigenvalue weighted by molar-refractivity contribution is 0.0937. The van der Waals surface area contributed by atoms with Gasteiger partial charge in [0.2, 0.25) is 5.95 Å². The van der Waals surface area contributed by atoms with Crippen molar-refractivity contribution in [3.8, 4) is 0 Å². The predicted molar refractivity (Wildman–Crippen MR) is 81.4 cm³/mol. The molecule has 6 heteroatoms. The van der Waals surface area contributed by atoms with Crippen LogP contribution in [0, 0.1) is 5.82 Å². The Morgan fingerprint density at radius 2 is 1.91 bits per heavy atom. The normalized spacial score (nSPS) is 14.8. The van der Waals surface area contributed by atoms with E-state index in [2.05, 4.69) is 20.6 Å². The molecular weight excluding hydrogens is 283 g/mol. The summed E-state index contributed by atoms with van der Waals surface area (Å²) in [6.45, 7) is 0. The Morgan fingerprint density at radius 3 is 2.59 bits per heavy atom. The molecule has 2 N–H and O–H groups in total. The largest absolute Gasteiger partial charge is 0.349 e. The maximum atomic E-state index is 13.1. The molecule has 1 heterocycles. The lowest BCUT2D eigenvalue weighted by Gasteiger charge is -2.11. The first kappa shape index (κ1) is 14.4. The third-order valence-electron chi connectivity index (χ3n) is 3.69. The molecule has 114 valence electrons. The second kappa shape index (κ2) is 6.51. The summed E-state index contributed by atoms with van der Waals surface area (Å²) in [5.74, 6) is -0.162. The topological polar surface area (TPSA) is 66.9 Å². The minimum absolute atomic E-state index is 0.149. The molecule has 0 atom stereocenters. The number of aromatic nitrogens is 2. The Hall–Kier alpha value is -2.50. The monoisotopic (exact) mass is 300 g/mol. The van der Waals surface area contributed by atoms with Crippen LogP contribution in [0.1, 0.15) is 36.0 Å². The van der Waals surface area contributed by atoms with E-state index in [9.17, 15) is 9.18 Å². The van der Waals surface area contributed by atoms with Crippen LogP contribution < -0.4 is 10.6 Å². The molecule has 3 rings (SSSR count). The van der Waals surface area contributed by atoms with E-state index in [0.717, 1.165) is 25.7 Å². The second-order valence-electron chi connectivity index (χ2n) is 5.39. The standard InChI is InChI=1S/C16H17FN4O/c17-12-4-3-7-14(8-12)21-16-18-9-11(10-19-16)15(22)20-13-5-1-2-6-13/h3-4,7-10,13H,1-2,5-6H2,(H,20,22)(H,18,19,21). The van der Waals surface area contributed by atoms with E-state index in [4.69, 9.17) is 0 Å². The first-order valence-corrected chi connectivity index (χ1v) is 7.36. The summed E-state index contributed by atoms with van der Waals surface area (Å²) >= 11 is 0. The molecule has 1 aromatic carbocycles. The summed E-state index contributed by atoms with van der Waals surface area (Å²) < 4.78 is 13.1. The average molecular weight is 300 g/mol. The number of hydrogen-bond donors (Lipinski definition) is 2. The maximum Gasteiger partial charge on any atom is 0.254 e. The van der Waals surface area contributed by atoms with Crippen LogP contribution in [0.2, 0.25) is 0 Å². The molecule has 1 saturated carbocycles. The summed E-state index contributed by atoms with van der Waals surface area (Å²) in [6, 6.07) is 6.29. The Kier molecular flexibility index (Phi) is 4.27. The van der Waals surface area contributed by atoms with Crippen molar-refractivity contribution < 1.29 is 9.18 Å². The molecule has 0 spiro atoms. The fourth-order valence-corrected chi connectivity index (χ4v) is 2.54. The number of carbonyl (C=O) groups is 1. The Morgan fingerprint density at radius 1 is 1.18 bits per heavy atom. The van der Waals surface area contributed by atoms with Gasteiger partial charge in [0, 0.05) is 24.1 Å². The predicted octanol–water partition coefficient (Wildman–Crippen LogP) is 3.03. The van der Waals surface area contributed by atoms with Gasteiger partial charge in [-0.25, -0.2) is 14.4 Å². The van der Waals surface area contributed by atoms with Crippen LogP contribution in [0.5, 0.6) is 0 Å². The van der Waals surface area contributed by atoms with Crippen LogP contribution in [-0.4, -0.2) is 21.9 Å². The van der Waals surface area contributed by atoms with Crippen LogP contribution >= 0.6 is 0 Å². The van der Waals surface area contributed by atoms with Gasteiger partial charge in [-0.1, -0.05) is 18.9 Å². The number of rotatable bonds is 4. The molecule has 0 bridgehead atoms. The highest BCUT2D eigenvalue weighted by Crippen LogP contribution is 2.18. The average Bonchev–Trinajstić information content (AvgIpc) is 3.01. The van der Waals surface area contributed by atoms with Crippen molar-refractivity contribution in [2.45, 2.75) is 31.7 Å². The van der Waals surface area contributed by atoms with Gasteiger partial charge in [-0.2, -0.15) is 0 Å². The third kappa shape index (κ3) is 3.58. The van der Waals surface area contributed by atoms with Crippen LogP contribution in [0.3, 0.4) is 0 Å². The first-order chi connectivity index (χ1) is 10.7. The lowest BCUT2D eigenvalue weighted by atomic mass is 10.2. The quantitative estimate of drug-likeness (QED) is 0.911. The molecule has 1 aliphatic rings. The van der Waals surface area contributed by atoms with Gasteiger partial charge in [0.05, 0.1) is 5.56 Å². The molecule has 0 aliphatic heterocycles. The van der Waals surface area contributed by atoms with E-state index in [-0.39, 0.29) is 17.8 Å². The number of anilines is 2. The summed E-state index contributed by atoms with van der Waals surface area (Å²) in [4.78, 5) is 20.2. The molecule has 5 nitrogen and oxygen atoms in total. The molecule has 22 heavy (non-hydrogen) atoms. The van der Waals surface area contributed by atoms with E-state index in [0.29, 0.717) is 17.2 Å². The maximum absolute atomic E-state index is 13.1. The Labute approximate surface area is 128 Å². The highest BCUT2D eigenvalue weighted by atomic mass is 19.1. The van der Waals surface area contributed by atoms with Crippen molar-refractivity contribution in [2.75, 3.05) is 5.32 Å². The molecular formula is C16H17FN4O. The van der Waals surface area contributed by atoms with E-state index < -0.39 is 0 Å². The van der Waals surface area contributed by atoms with Crippen LogP contribution in [0.4, 0.5) is 16.0 Å². The number of nitrogens with zero attached hydrogens (tertiary/aromatic N) is 2. The van der Waals surface area contributed by atoms with Crippen molar-refractivity contribution in [2.24, 2.45) is 0 Å². The highest BCUT2D eigenvalue weighted by molar-refractivity contribution is 5.93. The van der Waals surface area contributed by atoms with Crippen LogP contribution in [0.15, 0.2) is 36.7 Å². The zero-order valence-corrected chi connectivity index (χ0v) is 12.1. The number of halogens is 1. The number of carbonyl (C=O) groups excluding carboxylic acids is 1. The van der Waals surface area contributed by atoms with Crippen molar-refractivity contribution in [3.63, 3.8) is 0 Å². The Balaban J connectivity index is 1.63. The van der Waals surface area contributed by atoms with Gasteiger partial charge in [-0.05, 0) is 31.0 Å². The molecule has 1 aromatic heterocycles. The van der Waals surface area contributed by atoms with Gasteiger partial charge in [-0.3, -0.25) is 4.79 Å². The summed E-state index contributed by atoms with van der Waals surface area (Å²) in [7, 11) is 0. The molecule has 2 aromatic rings. The Bertz CT molecular complexity index is 653. The van der Waals surface area contributed by atoms with Gasteiger partial charge < -0.3 is 10.6 Å². The van der Waals surface area contributed by atoms with Gasteiger partial charge >= 0.3 is 0 Å². The molecule has 0 unspecified atom stereocenters. The number of nitrogens with one attached hydrogen (secondary N) is 2. The lowest BCUT2D eigenvalue weighted by Crippen LogP contribution is -2.32. The molecule has 1 amide bonds. The fourth-order valence-electron chi connectivity index (χ4n) is 2.54. The summed E-state index contributed by atoms with van der Waals surface area (Å²) in [5.41, 5.74) is 0.986. The second-order valence-corrected chi connectivity index (χ2v) is 5.39. The third-order valence-corrected chi connectivity index (χ3v) is 3.69. The van der Waals surface area contributed by atoms with Gasteiger partial charge in [0.25, 0.3) is 5.91 Å². The van der Waals surface area contributed by atoms with Gasteiger partial charge in [0.15, 0.2) is 0 Å². The fraction of sp³-hybridized carbons (Fsp3) is 0.312. The van der Waals surface area contributed by atoms with Gasteiger partial charge in [0.1, 0.15) is 5.82 Å². The number of benzene rings is 1. The summed E-state index contributed by atoms with van der Waals surface area (Å²) in [6.07, 6.45) is 7.34. The first-order valence-electron chi connectivity index (χ1n) is 7.36. The zero-order valence-electron chi connectivity index (χ0n) is 12.1. The van der Waals surface area contributed by atoms with Crippen molar-refractivity contribution in [1.82, 2.24) is 15.3 Å². The number of amides is 1. The van der Waals surface area contributed by atoms with Crippen LogP contribution in [-0.2, 0) is 0 Å². The number of hydrogen-bond acceptors (Lipinski definition) is 4. The highest BCUT2D eigenvalue weighted by Gasteiger charge is 2.18. The van der Waals surface area contributed by atoms with E-state index in [1.54, 1.807) is 12.1 Å². The molecule has 1 aliphatic carbocycles. The molecule has 1 fully saturated rings. The SMILES string of the molecule is O=C(NC1CCCC1)c1cnc(Nc2cccc(F)c2)nc1. The van der Waals surface area contributed by atoms with Gasteiger partial charge in [-0.15, -0.1) is 0 Å². The van der Waals surface area contributed by atoms with E-state index >= 15 is 0 Å². The molecule has 0 radical (unpaired) electrons. The summed E-state index contributed by atoms with van der Waals surface area (Å²) in [5, 5.41) is 5.87. The van der Waals surface area contributed by atoms with Crippen molar-refractivity contribution >= 4 is 17.5 Å². The minimum atomic E-state index is -0.336. The zero-order chi connectivity index (χ0) is 15.4. The van der Waals surface area contributed by atoms with E-state index in [1.807, 2.05) is 0 Å². The minimum Gasteiger partial charge on any atom is -0.349 e. The smallest absolute Gasteiger partial charge is 0.254 e. The van der Waals surface area contributed by atoms with Crippen molar-refractivity contribution in [3.05, 3.63) is 48.0 Å². The van der Waals surface area contributed by atoms with Crippen molar-refractivity contribution in [1.29, 1.82) is 0 Å². The van der Waals surface area contributed by atoms with Crippen LogP contribution in [0.25, 0.3) is 0 Å². The molecule has 0 saturated heterocycles.